The molecule has 1 aliphatic rings. The molecule has 0 radical (unpaired) electrons. The molecule has 4 nitrogen and oxygen atoms in total. The predicted octanol–water partition coefficient (Wildman–Crippen LogP) is -0.0602. The van der Waals surface area contributed by atoms with E-state index in [1.165, 1.54) is 0 Å². The zero-order chi connectivity index (χ0) is 9.56. The highest BCUT2D eigenvalue weighted by Crippen LogP contribution is 2.09. The molecule has 1 atom stereocenters. The zero-order valence-electron chi connectivity index (χ0n) is 7.23. The van der Waals surface area contributed by atoms with Gasteiger partial charge in [-0.1, -0.05) is 6.08 Å². The molecule has 0 aromatic heterocycles. The molecule has 12 heavy (non-hydrogen) atoms. The van der Waals surface area contributed by atoms with Gasteiger partial charge in [0.25, 0.3) is 5.97 Å². The summed E-state index contributed by atoms with van der Waals surface area (Å²) in [5, 5.41) is 16.0. The average molecular weight is 173 g/mol. The van der Waals surface area contributed by atoms with Crippen LogP contribution in [-0.4, -0.2) is 46.8 Å². The van der Waals surface area contributed by atoms with E-state index in [1.807, 2.05) is 0 Å². The minimum absolute atomic E-state index is 0.212. The van der Waals surface area contributed by atoms with Gasteiger partial charge in [0, 0.05) is 20.0 Å². The SMILES string of the molecule is C=CC(CO)N1CC1.CC(=O)O. The Morgan fingerprint density at radius 1 is 1.75 bits per heavy atom. The number of aliphatic hydroxyl groups is 1. The smallest absolute Gasteiger partial charge is 0.300 e. The summed E-state index contributed by atoms with van der Waals surface area (Å²) >= 11 is 0. The Labute approximate surface area is 72.1 Å². The number of rotatable bonds is 3. The number of carboxylic acids is 1. The molecule has 0 aliphatic carbocycles. The third-order valence-corrected chi connectivity index (χ3v) is 1.41. The summed E-state index contributed by atoms with van der Waals surface area (Å²) in [7, 11) is 0. The Balaban J connectivity index is 0.000000261. The lowest BCUT2D eigenvalue weighted by Crippen LogP contribution is -2.19. The second-order valence-electron chi connectivity index (χ2n) is 2.54. The molecule has 2 N–H and O–H groups in total. The standard InChI is InChI=1S/C6H11NO.C2H4O2/c1-2-6(5-8)7-3-4-7;1-2(3)4/h2,6,8H,1,3-5H2;1H3,(H,3,4). The number of aliphatic carboxylic acids is 1. The number of aliphatic hydroxyl groups excluding tert-OH is 1. The minimum Gasteiger partial charge on any atom is -0.481 e. The summed E-state index contributed by atoms with van der Waals surface area (Å²) in [6, 6.07) is 0.218. The van der Waals surface area contributed by atoms with Crippen LogP contribution < -0.4 is 0 Å². The summed E-state index contributed by atoms with van der Waals surface area (Å²) in [5.74, 6) is -0.833. The Morgan fingerprint density at radius 3 is 2.25 bits per heavy atom. The van der Waals surface area contributed by atoms with Gasteiger partial charge in [-0.25, -0.2) is 0 Å². The highest BCUT2D eigenvalue weighted by Gasteiger charge is 2.23. The normalized spacial score (nSPS) is 17.2. The molecule has 4 heteroatoms. The largest absolute Gasteiger partial charge is 0.481 e. The molecule has 1 fully saturated rings. The van der Waals surface area contributed by atoms with Gasteiger partial charge >= 0.3 is 0 Å². The van der Waals surface area contributed by atoms with Gasteiger partial charge in [-0.15, -0.1) is 6.58 Å². The minimum atomic E-state index is -0.833. The lowest BCUT2D eigenvalue weighted by molar-refractivity contribution is -0.134. The van der Waals surface area contributed by atoms with Gasteiger partial charge in [0.05, 0.1) is 12.6 Å². The fourth-order valence-corrected chi connectivity index (χ4v) is 0.728. The summed E-state index contributed by atoms with van der Waals surface area (Å²) in [6.07, 6.45) is 1.78. The predicted molar refractivity (Wildman–Crippen MR) is 46.0 cm³/mol. The maximum atomic E-state index is 9.00. The topological polar surface area (TPSA) is 60.5 Å². The molecular weight excluding hydrogens is 158 g/mol. The zero-order valence-corrected chi connectivity index (χ0v) is 7.23. The van der Waals surface area contributed by atoms with Crippen molar-refractivity contribution in [2.45, 2.75) is 13.0 Å². The molecule has 1 rings (SSSR count). The summed E-state index contributed by atoms with van der Waals surface area (Å²) in [6.45, 7) is 7.13. The molecule has 1 heterocycles. The summed E-state index contributed by atoms with van der Waals surface area (Å²) in [4.78, 5) is 11.2. The molecule has 1 aliphatic heterocycles. The van der Waals surface area contributed by atoms with E-state index in [9.17, 15) is 0 Å². The number of carboxylic acid groups (broad SMARTS) is 1. The fourth-order valence-electron chi connectivity index (χ4n) is 0.728. The summed E-state index contributed by atoms with van der Waals surface area (Å²) in [5.41, 5.74) is 0. The molecule has 0 aromatic carbocycles. The highest BCUT2D eigenvalue weighted by atomic mass is 16.4. The number of hydrogen-bond donors (Lipinski definition) is 2. The van der Waals surface area contributed by atoms with E-state index in [2.05, 4.69) is 11.5 Å². The van der Waals surface area contributed by atoms with Gasteiger partial charge < -0.3 is 10.2 Å². The van der Waals surface area contributed by atoms with Crippen LogP contribution in [0.1, 0.15) is 6.92 Å². The molecule has 1 unspecified atom stereocenters. The van der Waals surface area contributed by atoms with Gasteiger partial charge in [0.15, 0.2) is 0 Å². The first-order chi connectivity index (χ1) is 5.61. The third-order valence-electron chi connectivity index (χ3n) is 1.41. The van der Waals surface area contributed by atoms with Crippen molar-refractivity contribution in [3.8, 4) is 0 Å². The van der Waals surface area contributed by atoms with E-state index < -0.39 is 5.97 Å². The molecular formula is C8H15NO3. The van der Waals surface area contributed by atoms with Crippen molar-refractivity contribution in [1.29, 1.82) is 0 Å². The van der Waals surface area contributed by atoms with Crippen molar-refractivity contribution in [3.63, 3.8) is 0 Å². The van der Waals surface area contributed by atoms with Crippen LogP contribution in [0, 0.1) is 0 Å². The van der Waals surface area contributed by atoms with Crippen molar-refractivity contribution < 1.29 is 15.0 Å². The van der Waals surface area contributed by atoms with E-state index in [1.54, 1.807) is 6.08 Å². The highest BCUT2D eigenvalue weighted by molar-refractivity contribution is 5.62. The van der Waals surface area contributed by atoms with Crippen molar-refractivity contribution in [2.24, 2.45) is 0 Å². The monoisotopic (exact) mass is 173 g/mol. The molecule has 70 valence electrons. The van der Waals surface area contributed by atoms with Gasteiger partial charge in [-0.2, -0.15) is 0 Å². The van der Waals surface area contributed by atoms with Crippen LogP contribution in [-0.2, 0) is 4.79 Å². The van der Waals surface area contributed by atoms with Crippen LogP contribution in [0.4, 0.5) is 0 Å². The van der Waals surface area contributed by atoms with E-state index in [0.717, 1.165) is 20.0 Å². The van der Waals surface area contributed by atoms with E-state index in [0.29, 0.717) is 0 Å². The van der Waals surface area contributed by atoms with Gasteiger partial charge in [0.2, 0.25) is 0 Å². The first-order valence-electron chi connectivity index (χ1n) is 3.78. The second kappa shape index (κ2) is 5.74. The molecule has 0 amide bonds. The van der Waals surface area contributed by atoms with Gasteiger partial charge in [-0.05, 0) is 0 Å². The average Bonchev–Trinajstić information content (AvgIpc) is 2.72. The fraction of sp³-hybridized carbons (Fsp3) is 0.625. The first kappa shape index (κ1) is 11.1. The summed E-state index contributed by atoms with van der Waals surface area (Å²) < 4.78 is 0. The van der Waals surface area contributed by atoms with Crippen molar-refractivity contribution in [3.05, 3.63) is 12.7 Å². The van der Waals surface area contributed by atoms with Crippen molar-refractivity contribution in [1.82, 2.24) is 4.90 Å². The lowest BCUT2D eigenvalue weighted by atomic mass is 10.3. The van der Waals surface area contributed by atoms with Crippen LogP contribution >= 0.6 is 0 Å². The van der Waals surface area contributed by atoms with Crippen LogP contribution in [0.25, 0.3) is 0 Å². The van der Waals surface area contributed by atoms with Crippen LogP contribution in [0.5, 0.6) is 0 Å². The Hall–Kier alpha value is -0.870. The molecule has 1 saturated heterocycles. The lowest BCUT2D eigenvalue weighted by Gasteiger charge is -2.07. The Morgan fingerprint density at radius 2 is 2.17 bits per heavy atom. The van der Waals surface area contributed by atoms with Gasteiger partial charge in [0.1, 0.15) is 0 Å². The van der Waals surface area contributed by atoms with Crippen LogP contribution in [0.3, 0.4) is 0 Å². The Kier molecular flexibility index (Phi) is 5.32. The van der Waals surface area contributed by atoms with Crippen LogP contribution in [0.15, 0.2) is 12.7 Å². The molecule has 0 spiro atoms. The maximum absolute atomic E-state index is 9.00. The Bertz CT molecular complexity index is 150. The van der Waals surface area contributed by atoms with Crippen molar-refractivity contribution in [2.75, 3.05) is 19.7 Å². The van der Waals surface area contributed by atoms with E-state index >= 15 is 0 Å². The van der Waals surface area contributed by atoms with Crippen molar-refractivity contribution >= 4 is 5.97 Å². The maximum Gasteiger partial charge on any atom is 0.300 e. The number of nitrogens with zero attached hydrogens (tertiary/aromatic N) is 1. The second-order valence-corrected chi connectivity index (χ2v) is 2.54. The molecule has 0 bridgehead atoms. The molecule has 0 saturated carbocycles. The quantitative estimate of drug-likeness (QED) is 0.463. The van der Waals surface area contributed by atoms with Gasteiger partial charge in [-0.3, -0.25) is 9.69 Å². The number of carbonyl (C=O) groups is 1. The number of hydrogen-bond acceptors (Lipinski definition) is 3. The van der Waals surface area contributed by atoms with E-state index in [-0.39, 0.29) is 12.6 Å². The van der Waals surface area contributed by atoms with Crippen LogP contribution in [0.2, 0.25) is 0 Å². The molecule has 0 aromatic rings. The third kappa shape index (κ3) is 5.88. The van der Waals surface area contributed by atoms with E-state index in [4.69, 9.17) is 15.0 Å². The first-order valence-corrected chi connectivity index (χ1v) is 3.78.